The Labute approximate surface area is 184 Å². The summed E-state index contributed by atoms with van der Waals surface area (Å²) in [5.74, 6) is -0.633. The molecule has 6 nitrogen and oxygen atoms in total. The first-order valence-electron chi connectivity index (χ1n) is 10.4. The molecule has 0 radical (unpaired) electrons. The van der Waals surface area contributed by atoms with E-state index in [1.54, 1.807) is 14.2 Å². The summed E-state index contributed by atoms with van der Waals surface area (Å²) in [5, 5.41) is 0. The van der Waals surface area contributed by atoms with Crippen molar-refractivity contribution in [2.75, 3.05) is 45.4 Å². The highest BCUT2D eigenvalue weighted by atomic mass is 16.5. The van der Waals surface area contributed by atoms with Gasteiger partial charge in [0.15, 0.2) is 0 Å². The van der Waals surface area contributed by atoms with Crippen LogP contribution in [0, 0.1) is 20.8 Å². The predicted molar refractivity (Wildman–Crippen MR) is 122 cm³/mol. The van der Waals surface area contributed by atoms with Crippen molar-refractivity contribution in [3.8, 4) is 0 Å². The van der Waals surface area contributed by atoms with Gasteiger partial charge in [-0.15, -0.1) is 0 Å². The lowest BCUT2D eigenvalue weighted by Gasteiger charge is -2.26. The van der Waals surface area contributed by atoms with Crippen LogP contribution >= 0.6 is 0 Å². The van der Waals surface area contributed by atoms with Gasteiger partial charge >= 0.3 is 0 Å². The van der Waals surface area contributed by atoms with Crippen molar-refractivity contribution in [3.05, 3.63) is 70.4 Å². The third-order valence-electron chi connectivity index (χ3n) is 5.45. The third-order valence-corrected chi connectivity index (χ3v) is 5.45. The van der Waals surface area contributed by atoms with Gasteiger partial charge in [-0.05, 0) is 44.0 Å². The van der Waals surface area contributed by atoms with E-state index in [4.69, 9.17) is 9.47 Å². The van der Waals surface area contributed by atoms with Gasteiger partial charge in [0.25, 0.3) is 11.8 Å². The third kappa shape index (κ3) is 4.70. The molecule has 0 bridgehead atoms. The first-order chi connectivity index (χ1) is 14.9. The molecule has 164 valence electrons. The molecule has 0 saturated carbocycles. The van der Waals surface area contributed by atoms with E-state index in [1.165, 1.54) is 4.90 Å². The summed E-state index contributed by atoms with van der Waals surface area (Å²) < 4.78 is 10.5. The average Bonchev–Trinajstić information content (AvgIpc) is 2.99. The van der Waals surface area contributed by atoms with Crippen molar-refractivity contribution < 1.29 is 19.1 Å². The normalized spacial score (nSPS) is 14.0. The molecule has 0 aliphatic carbocycles. The molecule has 3 rings (SSSR count). The Bertz CT molecular complexity index is 987. The van der Waals surface area contributed by atoms with Crippen LogP contribution in [0.5, 0.6) is 0 Å². The maximum atomic E-state index is 13.7. The van der Waals surface area contributed by atoms with Gasteiger partial charge in [-0.2, -0.15) is 0 Å². The Morgan fingerprint density at radius 1 is 0.806 bits per heavy atom. The van der Waals surface area contributed by atoms with Crippen molar-refractivity contribution in [1.29, 1.82) is 0 Å². The van der Waals surface area contributed by atoms with E-state index in [-0.39, 0.29) is 11.8 Å². The van der Waals surface area contributed by atoms with Gasteiger partial charge in [0.2, 0.25) is 0 Å². The van der Waals surface area contributed by atoms with Gasteiger partial charge in [0.1, 0.15) is 5.70 Å². The number of imide groups is 1. The predicted octanol–water partition coefficient (Wildman–Crippen LogP) is 3.49. The van der Waals surface area contributed by atoms with Crippen molar-refractivity contribution in [2.24, 2.45) is 0 Å². The molecule has 1 aliphatic rings. The van der Waals surface area contributed by atoms with E-state index in [0.717, 1.165) is 22.3 Å². The number of rotatable bonds is 9. The number of amides is 2. The maximum absolute atomic E-state index is 13.7. The van der Waals surface area contributed by atoms with E-state index in [0.29, 0.717) is 43.3 Å². The van der Waals surface area contributed by atoms with Crippen molar-refractivity contribution in [3.63, 3.8) is 0 Å². The molecule has 0 N–H and O–H groups in total. The first kappa shape index (κ1) is 22.7. The monoisotopic (exact) mass is 422 g/mol. The number of aryl methyl sites for hydroxylation is 3. The van der Waals surface area contributed by atoms with Crippen molar-refractivity contribution >= 4 is 23.1 Å². The number of carbonyl (C=O) groups is 2. The summed E-state index contributed by atoms with van der Waals surface area (Å²) in [4.78, 5) is 30.5. The second-order valence-corrected chi connectivity index (χ2v) is 7.80. The SMILES string of the molecule is COCCN(CCOC)C1=C(c2ccc(C)cc2C)C(=O)N(c2ccc(C)cc2)C1=O. The van der Waals surface area contributed by atoms with Crippen LogP contribution in [0.3, 0.4) is 0 Å². The lowest BCUT2D eigenvalue weighted by atomic mass is 9.97. The minimum atomic E-state index is -0.323. The van der Waals surface area contributed by atoms with Crippen LogP contribution in [0.2, 0.25) is 0 Å². The van der Waals surface area contributed by atoms with Gasteiger partial charge in [0.05, 0.1) is 24.5 Å². The molecule has 0 saturated heterocycles. The van der Waals surface area contributed by atoms with Crippen molar-refractivity contribution in [2.45, 2.75) is 20.8 Å². The largest absolute Gasteiger partial charge is 0.383 e. The van der Waals surface area contributed by atoms with Crippen LogP contribution in [0.1, 0.15) is 22.3 Å². The van der Waals surface area contributed by atoms with E-state index in [9.17, 15) is 9.59 Å². The Morgan fingerprint density at radius 2 is 1.39 bits per heavy atom. The molecule has 0 spiro atoms. The number of ether oxygens (including phenoxy) is 2. The molecule has 2 amide bonds. The van der Waals surface area contributed by atoms with Crippen molar-refractivity contribution in [1.82, 2.24) is 4.90 Å². The Morgan fingerprint density at radius 3 is 1.94 bits per heavy atom. The fraction of sp³-hybridized carbons (Fsp3) is 0.360. The van der Waals surface area contributed by atoms with Gasteiger partial charge in [-0.25, -0.2) is 4.90 Å². The zero-order valence-electron chi connectivity index (χ0n) is 18.9. The Kier molecular flexibility index (Phi) is 7.25. The molecule has 0 unspecified atom stereocenters. The van der Waals surface area contributed by atoms with E-state index in [2.05, 4.69) is 0 Å². The maximum Gasteiger partial charge on any atom is 0.282 e. The second kappa shape index (κ2) is 9.90. The fourth-order valence-corrected chi connectivity index (χ4v) is 3.82. The highest BCUT2D eigenvalue weighted by Crippen LogP contribution is 2.36. The number of benzene rings is 2. The van der Waals surface area contributed by atoms with Crippen LogP contribution in [-0.4, -0.2) is 57.2 Å². The number of hydrogen-bond acceptors (Lipinski definition) is 5. The van der Waals surface area contributed by atoms with Crippen LogP contribution in [0.15, 0.2) is 48.2 Å². The molecular formula is C25H30N2O4. The highest BCUT2D eigenvalue weighted by molar-refractivity contribution is 6.45. The molecule has 0 fully saturated rings. The Hall–Kier alpha value is -2.96. The summed E-state index contributed by atoms with van der Waals surface area (Å²) in [6.45, 7) is 7.76. The number of carbonyl (C=O) groups excluding carboxylic acids is 2. The molecule has 2 aromatic rings. The zero-order chi connectivity index (χ0) is 22.5. The molecule has 6 heteroatoms. The number of methoxy groups -OCH3 is 2. The number of hydrogen-bond donors (Lipinski definition) is 0. The lowest BCUT2D eigenvalue weighted by molar-refractivity contribution is -0.120. The highest BCUT2D eigenvalue weighted by Gasteiger charge is 2.42. The van der Waals surface area contributed by atoms with Gasteiger partial charge in [0, 0.05) is 27.3 Å². The van der Waals surface area contributed by atoms with Gasteiger partial charge in [-0.3, -0.25) is 9.59 Å². The molecular weight excluding hydrogens is 392 g/mol. The van der Waals surface area contributed by atoms with E-state index >= 15 is 0 Å². The molecule has 1 aliphatic heterocycles. The zero-order valence-corrected chi connectivity index (χ0v) is 18.9. The second-order valence-electron chi connectivity index (χ2n) is 7.80. The minimum absolute atomic E-state index is 0.310. The Balaban J connectivity index is 2.16. The average molecular weight is 423 g/mol. The topological polar surface area (TPSA) is 59.1 Å². The molecule has 1 heterocycles. The quantitative estimate of drug-likeness (QED) is 0.579. The number of anilines is 1. The van der Waals surface area contributed by atoms with E-state index < -0.39 is 0 Å². The van der Waals surface area contributed by atoms with Crippen LogP contribution in [0.25, 0.3) is 5.57 Å². The summed E-state index contributed by atoms with van der Waals surface area (Å²) >= 11 is 0. The first-order valence-corrected chi connectivity index (χ1v) is 10.4. The summed E-state index contributed by atoms with van der Waals surface area (Å²) in [6.07, 6.45) is 0. The van der Waals surface area contributed by atoms with Crippen LogP contribution in [-0.2, 0) is 19.1 Å². The molecule has 2 aromatic carbocycles. The standard InChI is InChI=1S/C25H30N2O4/c1-17-6-9-20(10-7-17)27-24(28)22(21-11-8-18(2)16-19(21)3)23(25(27)29)26(12-14-30-4)13-15-31-5/h6-11,16H,12-15H2,1-5H3. The van der Waals surface area contributed by atoms with Gasteiger partial charge < -0.3 is 14.4 Å². The van der Waals surface area contributed by atoms with Crippen LogP contribution in [0.4, 0.5) is 5.69 Å². The summed E-state index contributed by atoms with van der Waals surface area (Å²) in [6, 6.07) is 13.3. The smallest absolute Gasteiger partial charge is 0.282 e. The van der Waals surface area contributed by atoms with E-state index in [1.807, 2.05) is 68.1 Å². The molecule has 31 heavy (non-hydrogen) atoms. The minimum Gasteiger partial charge on any atom is -0.383 e. The molecule has 0 atom stereocenters. The lowest BCUT2D eigenvalue weighted by Crippen LogP contribution is -2.37. The fourth-order valence-electron chi connectivity index (χ4n) is 3.82. The number of nitrogens with zero attached hydrogens (tertiary/aromatic N) is 2. The summed E-state index contributed by atoms with van der Waals surface area (Å²) in [7, 11) is 3.24. The van der Waals surface area contributed by atoms with Gasteiger partial charge in [-0.1, -0.05) is 41.5 Å². The summed E-state index contributed by atoms with van der Waals surface area (Å²) in [5.41, 5.74) is 5.28. The van der Waals surface area contributed by atoms with Crippen LogP contribution < -0.4 is 4.90 Å². The molecule has 0 aromatic heterocycles.